The summed E-state index contributed by atoms with van der Waals surface area (Å²) in [5, 5.41) is 14.6. The first-order valence-corrected chi connectivity index (χ1v) is 8.93. The van der Waals surface area contributed by atoms with Crippen LogP contribution in [0.25, 0.3) is 0 Å². The van der Waals surface area contributed by atoms with Gasteiger partial charge in [-0.2, -0.15) is 4.68 Å². The van der Waals surface area contributed by atoms with Crippen molar-refractivity contribution < 1.29 is 14.3 Å². The molecule has 0 saturated heterocycles. The van der Waals surface area contributed by atoms with Crippen LogP contribution >= 0.6 is 0 Å². The van der Waals surface area contributed by atoms with Crippen molar-refractivity contribution >= 4 is 11.9 Å². The molecule has 1 aromatic heterocycles. The number of aromatic nitrogens is 4. The Morgan fingerprint density at radius 1 is 1.33 bits per heavy atom. The molecule has 9 heteroatoms. The number of rotatable bonds is 8. The molecule has 0 spiro atoms. The maximum atomic E-state index is 12.1. The van der Waals surface area contributed by atoms with Crippen LogP contribution in [0.4, 0.5) is 5.95 Å². The van der Waals surface area contributed by atoms with E-state index in [1.807, 2.05) is 18.2 Å². The number of unbranched alkanes of at least 4 members (excludes halogenated alkanes) is 2. The zero-order valence-electron chi connectivity index (χ0n) is 15.7. The topological polar surface area (TPSA) is 117 Å². The molecule has 0 bridgehead atoms. The Morgan fingerprint density at radius 2 is 2.15 bits per heavy atom. The average Bonchev–Trinajstić information content (AvgIpc) is 3.11. The van der Waals surface area contributed by atoms with Crippen LogP contribution in [0.2, 0.25) is 0 Å². The number of nitrogens with one attached hydrogen (secondary N) is 1. The maximum Gasteiger partial charge on any atom is 0.248 e. The lowest BCUT2D eigenvalue weighted by Crippen LogP contribution is -2.31. The van der Waals surface area contributed by atoms with Gasteiger partial charge in [0.05, 0.1) is 19.3 Å². The molecule has 1 atom stereocenters. The summed E-state index contributed by atoms with van der Waals surface area (Å²) in [5.74, 6) is 1.15. The number of allylic oxidation sites excluding steroid dienone is 1. The average molecular weight is 372 g/mol. The molecule has 1 amide bonds. The van der Waals surface area contributed by atoms with Crippen LogP contribution in [0.15, 0.2) is 29.5 Å². The first-order valence-electron chi connectivity index (χ1n) is 8.93. The van der Waals surface area contributed by atoms with Crippen molar-refractivity contribution in [3.05, 3.63) is 35.0 Å². The smallest absolute Gasteiger partial charge is 0.248 e. The summed E-state index contributed by atoms with van der Waals surface area (Å²) in [7, 11) is 1.58. The van der Waals surface area contributed by atoms with E-state index in [9.17, 15) is 4.79 Å². The lowest BCUT2D eigenvalue weighted by Gasteiger charge is -2.27. The highest BCUT2D eigenvalue weighted by Crippen LogP contribution is 2.38. The number of methoxy groups -OCH3 is 1. The minimum absolute atomic E-state index is 0.397. The van der Waals surface area contributed by atoms with Crippen LogP contribution in [0.5, 0.6) is 11.5 Å². The summed E-state index contributed by atoms with van der Waals surface area (Å²) in [6.07, 6.45) is 3.23. The molecule has 3 rings (SSSR count). The summed E-state index contributed by atoms with van der Waals surface area (Å²) in [5.41, 5.74) is 7.42. The first-order chi connectivity index (χ1) is 13.1. The second-order valence-electron chi connectivity index (χ2n) is 6.34. The van der Waals surface area contributed by atoms with Gasteiger partial charge in [-0.15, -0.1) is 0 Å². The molecule has 1 aromatic carbocycles. The third-order valence-electron chi connectivity index (χ3n) is 4.49. The van der Waals surface area contributed by atoms with Crippen molar-refractivity contribution in [2.24, 2.45) is 5.73 Å². The van der Waals surface area contributed by atoms with Gasteiger partial charge >= 0.3 is 0 Å². The predicted octanol–water partition coefficient (Wildman–Crippen LogP) is 2.02. The molecule has 1 aliphatic rings. The van der Waals surface area contributed by atoms with E-state index in [1.165, 1.54) is 4.68 Å². The molecule has 2 heterocycles. The van der Waals surface area contributed by atoms with Gasteiger partial charge in [0, 0.05) is 5.70 Å². The second kappa shape index (κ2) is 8.07. The number of primary amides is 1. The fraction of sp³-hybridized carbons (Fsp3) is 0.444. The highest BCUT2D eigenvalue weighted by atomic mass is 16.5. The van der Waals surface area contributed by atoms with Crippen LogP contribution in [-0.4, -0.2) is 39.8 Å². The molecule has 0 radical (unpaired) electrons. The van der Waals surface area contributed by atoms with E-state index in [1.54, 1.807) is 14.0 Å². The van der Waals surface area contributed by atoms with Gasteiger partial charge in [0.25, 0.3) is 0 Å². The van der Waals surface area contributed by atoms with Gasteiger partial charge in [-0.1, -0.05) is 30.9 Å². The van der Waals surface area contributed by atoms with Crippen LogP contribution in [0, 0.1) is 0 Å². The third-order valence-corrected chi connectivity index (χ3v) is 4.49. The SMILES string of the molecule is CCCCCOc1ccc(C2C(C(N)=O)=C(C)Nc3nnnn32)cc1OC. The van der Waals surface area contributed by atoms with Crippen molar-refractivity contribution in [3.8, 4) is 11.5 Å². The Kier molecular flexibility index (Phi) is 5.58. The Hall–Kier alpha value is -3.10. The van der Waals surface area contributed by atoms with E-state index in [0.717, 1.165) is 24.8 Å². The van der Waals surface area contributed by atoms with Gasteiger partial charge in [-0.05, 0) is 41.5 Å². The maximum absolute atomic E-state index is 12.1. The van der Waals surface area contributed by atoms with Gasteiger partial charge in [-0.25, -0.2) is 0 Å². The molecule has 0 saturated carbocycles. The summed E-state index contributed by atoms with van der Waals surface area (Å²) in [6.45, 7) is 4.54. The summed E-state index contributed by atoms with van der Waals surface area (Å²) in [6, 6.07) is 4.99. The third kappa shape index (κ3) is 3.71. The zero-order chi connectivity index (χ0) is 19.4. The fourth-order valence-electron chi connectivity index (χ4n) is 3.15. The first kappa shape index (κ1) is 18.7. The predicted molar refractivity (Wildman–Crippen MR) is 99.5 cm³/mol. The number of benzene rings is 1. The summed E-state index contributed by atoms with van der Waals surface area (Å²) in [4.78, 5) is 12.1. The number of nitrogens with two attached hydrogens (primary N) is 1. The van der Waals surface area contributed by atoms with Crippen molar-refractivity contribution in [1.82, 2.24) is 20.2 Å². The largest absolute Gasteiger partial charge is 0.493 e. The lowest BCUT2D eigenvalue weighted by molar-refractivity contribution is -0.115. The quantitative estimate of drug-likeness (QED) is 0.681. The number of carbonyl (C=O) groups is 1. The van der Waals surface area contributed by atoms with Gasteiger partial charge in [-0.3, -0.25) is 4.79 Å². The molecule has 0 aliphatic carbocycles. The van der Waals surface area contributed by atoms with Crippen molar-refractivity contribution in [3.63, 3.8) is 0 Å². The highest BCUT2D eigenvalue weighted by molar-refractivity contribution is 5.95. The summed E-state index contributed by atoms with van der Waals surface area (Å²) < 4.78 is 12.9. The van der Waals surface area contributed by atoms with E-state index in [-0.39, 0.29) is 0 Å². The number of hydrogen-bond acceptors (Lipinski definition) is 7. The number of hydrogen-bond donors (Lipinski definition) is 2. The molecule has 9 nitrogen and oxygen atoms in total. The minimum Gasteiger partial charge on any atom is -0.493 e. The summed E-state index contributed by atoms with van der Waals surface area (Å²) >= 11 is 0. The molecular weight excluding hydrogens is 348 g/mol. The molecule has 0 fully saturated rings. The molecule has 144 valence electrons. The number of carbonyl (C=O) groups excluding carboxylic acids is 1. The van der Waals surface area contributed by atoms with Crippen LogP contribution in [0.3, 0.4) is 0 Å². The lowest BCUT2D eigenvalue weighted by atomic mass is 9.95. The minimum atomic E-state index is -0.545. The van der Waals surface area contributed by atoms with Gasteiger partial charge in [0.2, 0.25) is 11.9 Å². The number of fused-ring (bicyclic) bond motifs is 1. The second-order valence-corrected chi connectivity index (χ2v) is 6.34. The van der Waals surface area contributed by atoms with E-state index < -0.39 is 11.9 Å². The fourth-order valence-corrected chi connectivity index (χ4v) is 3.15. The molecular formula is C18H24N6O3. The van der Waals surface area contributed by atoms with Crippen molar-refractivity contribution in [2.45, 2.75) is 39.2 Å². The standard InChI is InChI=1S/C18H24N6O3/c1-4-5-6-9-27-13-8-7-12(10-14(13)26-3)16-15(17(19)25)11(2)20-18-21-22-23-24(16)18/h7-8,10,16H,4-6,9H2,1-3H3,(H2,19,25)(H,20,21,23). The highest BCUT2D eigenvalue weighted by Gasteiger charge is 2.33. The van der Waals surface area contributed by atoms with Crippen LogP contribution < -0.4 is 20.5 Å². The normalized spacial score (nSPS) is 15.9. The Morgan fingerprint density at radius 3 is 2.85 bits per heavy atom. The van der Waals surface area contributed by atoms with Gasteiger partial charge in [0.1, 0.15) is 6.04 Å². The number of anilines is 1. The van der Waals surface area contributed by atoms with Gasteiger partial charge < -0.3 is 20.5 Å². The Bertz CT molecular complexity index is 861. The Labute approximate surface area is 157 Å². The van der Waals surface area contributed by atoms with Crippen molar-refractivity contribution in [2.75, 3.05) is 19.0 Å². The zero-order valence-corrected chi connectivity index (χ0v) is 15.7. The van der Waals surface area contributed by atoms with Crippen LogP contribution in [0.1, 0.15) is 44.7 Å². The molecule has 1 aliphatic heterocycles. The van der Waals surface area contributed by atoms with Gasteiger partial charge in [0.15, 0.2) is 11.5 Å². The van der Waals surface area contributed by atoms with E-state index in [2.05, 4.69) is 27.8 Å². The van der Waals surface area contributed by atoms with Crippen LogP contribution in [-0.2, 0) is 4.79 Å². The van der Waals surface area contributed by atoms with E-state index in [4.69, 9.17) is 15.2 Å². The number of tetrazole rings is 1. The Balaban J connectivity index is 1.96. The van der Waals surface area contributed by atoms with Crippen molar-refractivity contribution in [1.29, 1.82) is 0 Å². The molecule has 27 heavy (non-hydrogen) atoms. The monoisotopic (exact) mass is 372 g/mol. The molecule has 2 aromatic rings. The molecule has 1 unspecified atom stereocenters. The number of ether oxygens (including phenoxy) is 2. The van der Waals surface area contributed by atoms with E-state index in [0.29, 0.717) is 35.3 Å². The molecule has 3 N–H and O–H groups in total. The number of nitrogens with zero attached hydrogens (tertiary/aromatic N) is 4. The van der Waals surface area contributed by atoms with E-state index >= 15 is 0 Å². The number of amides is 1.